The lowest BCUT2D eigenvalue weighted by molar-refractivity contribution is -0.134. The van der Waals surface area contributed by atoms with E-state index in [9.17, 15) is 9.59 Å². The van der Waals surface area contributed by atoms with Crippen molar-refractivity contribution >= 4 is 12.0 Å². The second-order valence-electron chi connectivity index (χ2n) is 10.2. The number of hydrogen-bond donors (Lipinski definition) is 1. The second-order valence-corrected chi connectivity index (χ2v) is 10.2. The molecule has 0 aliphatic heterocycles. The lowest BCUT2D eigenvalue weighted by atomic mass is 10.0. The Balaban J connectivity index is 1.53. The van der Waals surface area contributed by atoms with Crippen LogP contribution in [0.3, 0.4) is 0 Å². The minimum atomic E-state index is -0.581. The minimum absolute atomic E-state index is 0.0627. The fraction of sp³-hybridized carbons (Fsp3) is 0.654. The molecule has 1 atom stereocenters. The monoisotopic (exact) mass is 427 g/mol. The van der Waals surface area contributed by atoms with E-state index in [2.05, 4.69) is 36.0 Å². The van der Waals surface area contributed by atoms with Crippen molar-refractivity contribution in [2.45, 2.75) is 83.8 Å². The summed E-state index contributed by atoms with van der Waals surface area (Å²) in [6.45, 7) is 7.20. The average Bonchev–Trinajstić information content (AvgIpc) is 3.62. The molecule has 0 unspecified atom stereocenters. The van der Waals surface area contributed by atoms with Gasteiger partial charge in [-0.3, -0.25) is 4.79 Å². The van der Waals surface area contributed by atoms with Gasteiger partial charge in [0, 0.05) is 13.1 Å². The van der Waals surface area contributed by atoms with Crippen LogP contribution in [0.15, 0.2) is 30.3 Å². The molecule has 0 heterocycles. The van der Waals surface area contributed by atoms with Gasteiger partial charge < -0.3 is 15.0 Å². The highest BCUT2D eigenvalue weighted by atomic mass is 16.6. The predicted octanol–water partition coefficient (Wildman–Crippen LogP) is 5.15. The number of nitrogens with one attached hydrogen (secondary N) is 1. The third-order valence-corrected chi connectivity index (χ3v) is 5.78. The Bertz CT molecular complexity index is 691. The van der Waals surface area contributed by atoms with Crippen molar-refractivity contribution in [2.75, 3.05) is 13.1 Å². The van der Waals surface area contributed by atoms with Gasteiger partial charge in [0.1, 0.15) is 11.6 Å². The maximum Gasteiger partial charge on any atom is 0.408 e. The highest BCUT2D eigenvalue weighted by molar-refractivity contribution is 5.85. The molecule has 0 saturated heterocycles. The molecule has 5 heteroatoms. The zero-order chi connectivity index (χ0) is 22.3. The molecule has 2 fully saturated rings. The molecule has 31 heavy (non-hydrogen) atoms. The van der Waals surface area contributed by atoms with Gasteiger partial charge in [-0.05, 0) is 89.5 Å². The summed E-state index contributed by atoms with van der Waals surface area (Å²) in [5.74, 6) is 1.35. The molecule has 2 amide bonds. The molecule has 1 aromatic carbocycles. The van der Waals surface area contributed by atoms with Crippen LogP contribution in [0.1, 0.15) is 71.3 Å². The van der Waals surface area contributed by atoms with Crippen molar-refractivity contribution in [2.24, 2.45) is 11.8 Å². The summed E-state index contributed by atoms with van der Waals surface area (Å²) in [5.41, 5.74) is 0.713. The Kier molecular flexibility index (Phi) is 8.39. The summed E-state index contributed by atoms with van der Waals surface area (Å²) in [6.07, 6.45) is 9.96. The smallest absolute Gasteiger partial charge is 0.408 e. The van der Waals surface area contributed by atoms with Crippen LogP contribution in [0.2, 0.25) is 0 Å². The summed E-state index contributed by atoms with van der Waals surface area (Å²) in [5, 5.41) is 2.88. The molecule has 3 rings (SSSR count). The van der Waals surface area contributed by atoms with Crippen LogP contribution >= 0.6 is 0 Å². The van der Waals surface area contributed by atoms with Gasteiger partial charge >= 0.3 is 6.09 Å². The first-order valence-corrected chi connectivity index (χ1v) is 11.9. The molecule has 1 N–H and O–H groups in total. The number of ether oxygens (including phenoxy) is 1. The van der Waals surface area contributed by atoms with E-state index < -0.39 is 17.7 Å². The van der Waals surface area contributed by atoms with Crippen LogP contribution in [0.5, 0.6) is 0 Å². The number of carbonyl (C=O) groups excluding carboxylic acids is 2. The zero-order valence-electron chi connectivity index (χ0n) is 19.4. The van der Waals surface area contributed by atoms with E-state index in [4.69, 9.17) is 4.74 Å². The summed E-state index contributed by atoms with van der Waals surface area (Å²) in [4.78, 5) is 27.8. The number of nitrogens with zero attached hydrogens (tertiary/aromatic N) is 1. The lowest BCUT2D eigenvalue weighted by Gasteiger charge is -2.29. The Morgan fingerprint density at radius 1 is 1.10 bits per heavy atom. The standard InChI is InChI=1S/C26H39N2O3/c1-26(2,3)31-25(30)27-23(13-9-5-8-12-20-10-6-4-7-11-20)24(29)28(18-21-14-15-21)19-22-16-17-22/h4,6-8,10-11,21-23H,5,9,12-19H2,1-3H3,(H,27,30)/t23-/m0/s1. The largest absolute Gasteiger partial charge is 0.444 e. The van der Waals surface area contributed by atoms with Crippen LogP contribution in [0, 0.1) is 18.3 Å². The normalized spacial score (nSPS) is 17.1. The maximum absolute atomic E-state index is 13.4. The average molecular weight is 428 g/mol. The van der Waals surface area contributed by atoms with Gasteiger partial charge in [0.05, 0.1) is 0 Å². The van der Waals surface area contributed by atoms with Gasteiger partial charge in [-0.1, -0.05) is 36.8 Å². The molecule has 2 aliphatic carbocycles. The van der Waals surface area contributed by atoms with Crippen molar-refractivity contribution in [3.05, 3.63) is 42.3 Å². The van der Waals surface area contributed by atoms with Crippen LogP contribution in [0.4, 0.5) is 4.79 Å². The van der Waals surface area contributed by atoms with Crippen LogP contribution in [0.25, 0.3) is 0 Å². The number of amides is 2. The van der Waals surface area contributed by atoms with Gasteiger partial charge in [0.15, 0.2) is 0 Å². The van der Waals surface area contributed by atoms with Crippen LogP contribution < -0.4 is 5.32 Å². The molecule has 0 aromatic heterocycles. The molecule has 2 saturated carbocycles. The van der Waals surface area contributed by atoms with E-state index in [1.807, 2.05) is 31.7 Å². The van der Waals surface area contributed by atoms with Crippen molar-refractivity contribution < 1.29 is 14.3 Å². The Morgan fingerprint density at radius 2 is 1.71 bits per heavy atom. The van der Waals surface area contributed by atoms with Crippen LogP contribution in [-0.4, -0.2) is 41.6 Å². The molecule has 171 valence electrons. The second kappa shape index (κ2) is 11.0. The van der Waals surface area contributed by atoms with Crippen LogP contribution in [-0.2, 0) is 16.0 Å². The topological polar surface area (TPSA) is 58.6 Å². The number of rotatable bonds is 12. The summed E-state index contributed by atoms with van der Waals surface area (Å²) in [6, 6.07) is 9.86. The summed E-state index contributed by atoms with van der Waals surface area (Å²) < 4.78 is 5.44. The van der Waals surface area contributed by atoms with Crippen molar-refractivity contribution in [3.63, 3.8) is 0 Å². The lowest BCUT2D eigenvalue weighted by Crippen LogP contribution is -2.50. The predicted molar refractivity (Wildman–Crippen MR) is 123 cm³/mol. The number of benzene rings is 1. The Labute approximate surface area is 187 Å². The SMILES string of the molecule is CC(C)(C)OC(=O)N[C@@H](CCC[CH]Cc1ccccc1)C(=O)N(CC1CC1)CC1CC1. The van der Waals surface area contributed by atoms with Gasteiger partial charge in [-0.25, -0.2) is 4.79 Å². The summed E-state index contributed by atoms with van der Waals surface area (Å²) >= 11 is 0. The molecular weight excluding hydrogens is 388 g/mol. The molecule has 0 bridgehead atoms. The van der Waals surface area contributed by atoms with E-state index in [1.165, 1.54) is 31.2 Å². The molecule has 5 nitrogen and oxygen atoms in total. The quantitative estimate of drug-likeness (QED) is 0.470. The highest BCUT2D eigenvalue weighted by Crippen LogP contribution is 2.34. The first-order valence-electron chi connectivity index (χ1n) is 11.9. The van der Waals surface area contributed by atoms with Gasteiger partial charge in [0.2, 0.25) is 5.91 Å². The van der Waals surface area contributed by atoms with E-state index in [0.717, 1.165) is 32.4 Å². The Morgan fingerprint density at radius 3 is 2.26 bits per heavy atom. The van der Waals surface area contributed by atoms with Crippen molar-refractivity contribution in [1.29, 1.82) is 0 Å². The fourth-order valence-electron chi connectivity index (χ4n) is 3.76. The number of alkyl carbamates (subject to hydrolysis) is 1. The third kappa shape index (κ3) is 9.32. The molecule has 1 aromatic rings. The number of hydrogen-bond acceptors (Lipinski definition) is 3. The third-order valence-electron chi connectivity index (χ3n) is 5.78. The van der Waals surface area contributed by atoms with E-state index in [-0.39, 0.29) is 5.91 Å². The fourth-order valence-corrected chi connectivity index (χ4v) is 3.76. The van der Waals surface area contributed by atoms with E-state index >= 15 is 0 Å². The number of unbranched alkanes of at least 4 members (excludes halogenated alkanes) is 2. The van der Waals surface area contributed by atoms with E-state index in [0.29, 0.717) is 18.3 Å². The molecular formula is C26H39N2O3. The van der Waals surface area contributed by atoms with Gasteiger partial charge in [0.25, 0.3) is 0 Å². The van der Waals surface area contributed by atoms with Crippen molar-refractivity contribution in [1.82, 2.24) is 10.2 Å². The Hall–Kier alpha value is -2.04. The molecule has 2 aliphatic rings. The number of carbonyl (C=O) groups is 2. The summed E-state index contributed by atoms with van der Waals surface area (Å²) in [7, 11) is 0. The first-order chi connectivity index (χ1) is 14.8. The molecule has 0 spiro atoms. The minimum Gasteiger partial charge on any atom is -0.444 e. The highest BCUT2D eigenvalue weighted by Gasteiger charge is 2.35. The molecule has 1 radical (unpaired) electrons. The van der Waals surface area contributed by atoms with E-state index in [1.54, 1.807) is 0 Å². The van der Waals surface area contributed by atoms with Gasteiger partial charge in [-0.15, -0.1) is 0 Å². The van der Waals surface area contributed by atoms with Gasteiger partial charge in [-0.2, -0.15) is 0 Å². The maximum atomic E-state index is 13.4. The first kappa shape index (κ1) is 23.6. The zero-order valence-corrected chi connectivity index (χ0v) is 19.4. The van der Waals surface area contributed by atoms with Crippen molar-refractivity contribution in [3.8, 4) is 0 Å².